The summed E-state index contributed by atoms with van der Waals surface area (Å²) < 4.78 is 0. The molecule has 0 spiro atoms. The molecule has 5 rings (SSSR count). The van der Waals surface area contributed by atoms with Gasteiger partial charge in [0.25, 0.3) is 0 Å². The number of hydrogen-bond donors (Lipinski definition) is 0. The summed E-state index contributed by atoms with van der Waals surface area (Å²) in [6.45, 7) is 4.39. The first-order chi connectivity index (χ1) is 13.2. The fourth-order valence-electron chi connectivity index (χ4n) is 4.73. The normalized spacial score (nSPS) is 13.9. The minimum Gasteiger partial charge on any atom is -0.0623 e. The Kier molecular flexibility index (Phi) is 3.66. The van der Waals surface area contributed by atoms with Crippen molar-refractivity contribution in [2.45, 2.75) is 13.8 Å². The molecule has 4 aromatic carbocycles. The van der Waals surface area contributed by atoms with Gasteiger partial charge in [0, 0.05) is 0 Å². The summed E-state index contributed by atoms with van der Waals surface area (Å²) >= 11 is 0. The molecule has 1 heteroatoms. The quantitative estimate of drug-likeness (QED) is 0.421. The molecule has 0 saturated carbocycles. The molecule has 0 bridgehead atoms. The zero-order chi connectivity index (χ0) is 18.4. The van der Waals surface area contributed by atoms with Crippen molar-refractivity contribution in [3.8, 4) is 11.1 Å². The van der Waals surface area contributed by atoms with Gasteiger partial charge in [0.2, 0.25) is 0 Å². The third-order valence-electron chi connectivity index (χ3n) is 5.86. The van der Waals surface area contributed by atoms with E-state index in [-0.39, 0.29) is 0 Å². The Morgan fingerprint density at radius 2 is 0.889 bits per heavy atom. The van der Waals surface area contributed by atoms with Gasteiger partial charge >= 0.3 is 0 Å². The van der Waals surface area contributed by atoms with E-state index in [0.29, 0.717) is 0 Å². The van der Waals surface area contributed by atoms with Crippen LogP contribution >= 0.6 is 0 Å². The lowest BCUT2D eigenvalue weighted by Crippen LogP contribution is -2.72. The molecule has 0 N–H and O–H groups in total. The predicted molar refractivity (Wildman–Crippen MR) is 119 cm³/mol. The summed E-state index contributed by atoms with van der Waals surface area (Å²) in [5.74, 6) is 0. The third-order valence-corrected chi connectivity index (χ3v) is 10.7. The number of rotatable bonds is 2. The Labute approximate surface area is 162 Å². The lowest BCUT2D eigenvalue weighted by molar-refractivity contribution is 1.47. The Bertz CT molecular complexity index is 1030. The van der Waals surface area contributed by atoms with Gasteiger partial charge in [-0.2, -0.15) is 0 Å². The minimum absolute atomic E-state index is 1.33. The highest BCUT2D eigenvalue weighted by atomic mass is 28.3. The molecule has 1 aliphatic rings. The van der Waals surface area contributed by atoms with E-state index in [4.69, 9.17) is 0 Å². The van der Waals surface area contributed by atoms with E-state index in [9.17, 15) is 0 Å². The van der Waals surface area contributed by atoms with Crippen LogP contribution in [-0.2, 0) is 0 Å². The van der Waals surface area contributed by atoms with Crippen LogP contribution in [-0.4, -0.2) is 8.07 Å². The van der Waals surface area contributed by atoms with Gasteiger partial charge in [0.05, 0.1) is 0 Å². The lowest BCUT2D eigenvalue weighted by Gasteiger charge is -2.31. The number of benzene rings is 4. The van der Waals surface area contributed by atoms with Crippen LogP contribution in [0.1, 0.15) is 11.1 Å². The Morgan fingerprint density at radius 1 is 0.481 bits per heavy atom. The molecule has 27 heavy (non-hydrogen) atoms. The Balaban J connectivity index is 1.98. The molecule has 0 amide bonds. The standard InChI is InChI=1S/C26H22Si/c1-19-13-15-25-23(17-19)24-18-20(2)14-16-26(24)27(25,21-9-5-3-6-10-21)22-11-7-4-8-12-22/h3-18H,1-2H3. The van der Waals surface area contributed by atoms with Crippen LogP contribution in [0.4, 0.5) is 0 Å². The summed E-state index contributed by atoms with van der Waals surface area (Å²) in [5.41, 5.74) is 5.50. The number of fused-ring (bicyclic) bond motifs is 3. The molecule has 0 unspecified atom stereocenters. The predicted octanol–water partition coefficient (Wildman–Crippen LogP) is 3.66. The van der Waals surface area contributed by atoms with E-state index in [1.54, 1.807) is 0 Å². The zero-order valence-corrected chi connectivity index (χ0v) is 16.7. The van der Waals surface area contributed by atoms with Crippen molar-refractivity contribution in [3.63, 3.8) is 0 Å². The van der Waals surface area contributed by atoms with Crippen LogP contribution in [0.3, 0.4) is 0 Å². The Morgan fingerprint density at radius 3 is 1.30 bits per heavy atom. The van der Waals surface area contributed by atoms with Crippen LogP contribution in [0.2, 0.25) is 0 Å². The highest BCUT2D eigenvalue weighted by Gasteiger charge is 2.48. The van der Waals surface area contributed by atoms with Crippen LogP contribution in [0.15, 0.2) is 97.1 Å². The summed E-state index contributed by atoms with van der Waals surface area (Å²) in [7, 11) is -2.27. The monoisotopic (exact) mass is 362 g/mol. The second-order valence-corrected chi connectivity index (χ2v) is 11.3. The SMILES string of the molecule is Cc1ccc2c(c1)-c1cc(C)ccc1[Si]2(c1ccccc1)c1ccccc1. The highest BCUT2D eigenvalue weighted by Crippen LogP contribution is 2.29. The Hall–Kier alpha value is -2.90. The van der Waals surface area contributed by atoms with Gasteiger partial charge < -0.3 is 0 Å². The summed E-state index contributed by atoms with van der Waals surface area (Å²) in [6, 6.07) is 36.4. The van der Waals surface area contributed by atoms with Crippen LogP contribution in [0.25, 0.3) is 11.1 Å². The second-order valence-electron chi connectivity index (χ2n) is 7.58. The van der Waals surface area contributed by atoms with Crippen molar-refractivity contribution in [1.29, 1.82) is 0 Å². The minimum atomic E-state index is -2.27. The van der Waals surface area contributed by atoms with Crippen LogP contribution in [0.5, 0.6) is 0 Å². The third kappa shape index (κ3) is 2.28. The molecular formula is C26H22Si. The zero-order valence-electron chi connectivity index (χ0n) is 15.7. The fourth-order valence-corrected chi connectivity index (χ4v) is 9.87. The summed E-state index contributed by atoms with van der Waals surface area (Å²) in [4.78, 5) is 0. The van der Waals surface area contributed by atoms with E-state index < -0.39 is 8.07 Å². The van der Waals surface area contributed by atoms with Crippen molar-refractivity contribution >= 4 is 28.8 Å². The lowest BCUT2D eigenvalue weighted by atomic mass is 10.0. The van der Waals surface area contributed by atoms with Gasteiger partial charge in [-0.1, -0.05) is 108 Å². The first-order valence-corrected chi connectivity index (χ1v) is 11.5. The number of aryl methyl sites for hydroxylation is 2. The molecule has 0 aliphatic carbocycles. The van der Waals surface area contributed by atoms with E-state index in [1.165, 1.54) is 43.0 Å². The summed E-state index contributed by atoms with van der Waals surface area (Å²) in [6.07, 6.45) is 0. The molecule has 0 saturated heterocycles. The second kappa shape index (κ2) is 6.07. The van der Waals surface area contributed by atoms with E-state index >= 15 is 0 Å². The van der Waals surface area contributed by atoms with Gasteiger partial charge in [-0.15, -0.1) is 0 Å². The van der Waals surface area contributed by atoms with Crippen LogP contribution < -0.4 is 20.7 Å². The molecular weight excluding hydrogens is 340 g/mol. The van der Waals surface area contributed by atoms with E-state index in [2.05, 4.69) is 111 Å². The maximum atomic E-state index is 2.40. The first-order valence-electron chi connectivity index (χ1n) is 9.55. The molecule has 1 aliphatic heterocycles. The molecule has 0 atom stereocenters. The maximum Gasteiger partial charge on any atom is 0.180 e. The van der Waals surface area contributed by atoms with Gasteiger partial charge in [-0.3, -0.25) is 0 Å². The van der Waals surface area contributed by atoms with Gasteiger partial charge in [-0.25, -0.2) is 0 Å². The smallest absolute Gasteiger partial charge is 0.0623 e. The van der Waals surface area contributed by atoms with Gasteiger partial charge in [0.15, 0.2) is 8.07 Å². The largest absolute Gasteiger partial charge is 0.180 e. The molecule has 0 aromatic heterocycles. The van der Waals surface area contributed by atoms with Crippen molar-refractivity contribution in [2.24, 2.45) is 0 Å². The van der Waals surface area contributed by atoms with Crippen molar-refractivity contribution in [1.82, 2.24) is 0 Å². The maximum absolute atomic E-state index is 2.40. The van der Waals surface area contributed by atoms with Crippen molar-refractivity contribution < 1.29 is 0 Å². The molecule has 4 aromatic rings. The van der Waals surface area contributed by atoms with Gasteiger partial charge in [-0.05, 0) is 45.7 Å². The molecule has 0 nitrogen and oxygen atoms in total. The number of hydrogen-bond acceptors (Lipinski definition) is 0. The summed E-state index contributed by atoms with van der Waals surface area (Å²) in [5, 5.41) is 5.96. The first kappa shape index (κ1) is 16.3. The molecule has 0 radical (unpaired) electrons. The molecule has 130 valence electrons. The van der Waals surface area contributed by atoms with Crippen LogP contribution in [0, 0.1) is 13.8 Å². The van der Waals surface area contributed by atoms with Crippen molar-refractivity contribution in [3.05, 3.63) is 108 Å². The van der Waals surface area contributed by atoms with E-state index in [1.807, 2.05) is 0 Å². The topological polar surface area (TPSA) is 0 Å². The molecule has 0 fully saturated rings. The molecule has 1 heterocycles. The average Bonchev–Trinajstić information content (AvgIpc) is 2.99. The van der Waals surface area contributed by atoms with Gasteiger partial charge in [0.1, 0.15) is 0 Å². The fraction of sp³-hybridized carbons (Fsp3) is 0.0769. The van der Waals surface area contributed by atoms with Crippen molar-refractivity contribution in [2.75, 3.05) is 0 Å². The average molecular weight is 363 g/mol. The van der Waals surface area contributed by atoms with E-state index in [0.717, 1.165) is 0 Å². The highest BCUT2D eigenvalue weighted by molar-refractivity contribution is 7.22.